The van der Waals surface area contributed by atoms with E-state index in [1.807, 2.05) is 0 Å². The van der Waals surface area contributed by atoms with E-state index in [-0.39, 0.29) is 41.8 Å². The van der Waals surface area contributed by atoms with E-state index in [2.05, 4.69) is 5.32 Å². The maximum absolute atomic E-state index is 12.5. The van der Waals surface area contributed by atoms with Crippen molar-refractivity contribution in [1.82, 2.24) is 9.62 Å². The van der Waals surface area contributed by atoms with E-state index in [4.69, 9.17) is 0 Å². The molecule has 1 N–H and O–H groups in total. The van der Waals surface area contributed by atoms with Crippen molar-refractivity contribution in [3.05, 3.63) is 28.3 Å². The lowest BCUT2D eigenvalue weighted by Crippen LogP contribution is -2.33. The van der Waals surface area contributed by atoms with Gasteiger partial charge in [0.2, 0.25) is 15.9 Å². The summed E-state index contributed by atoms with van der Waals surface area (Å²) in [6.07, 6.45) is 0. The molecule has 24 heavy (non-hydrogen) atoms. The van der Waals surface area contributed by atoms with Crippen LogP contribution in [0.3, 0.4) is 0 Å². The smallest absolute Gasteiger partial charge is 0.293 e. The van der Waals surface area contributed by atoms with E-state index in [1.165, 1.54) is 35.4 Å². The maximum atomic E-state index is 12.5. The van der Waals surface area contributed by atoms with Crippen LogP contribution in [-0.4, -0.2) is 57.3 Å². The van der Waals surface area contributed by atoms with E-state index in [0.717, 1.165) is 6.07 Å². The van der Waals surface area contributed by atoms with Gasteiger partial charge in [-0.3, -0.25) is 14.9 Å². The highest BCUT2D eigenvalue weighted by Crippen LogP contribution is 2.31. The summed E-state index contributed by atoms with van der Waals surface area (Å²) < 4.78 is 26.2. The second-order valence-electron chi connectivity index (χ2n) is 5.03. The van der Waals surface area contributed by atoms with Crippen LogP contribution in [0.5, 0.6) is 0 Å². The van der Waals surface area contributed by atoms with Crippen molar-refractivity contribution < 1.29 is 18.1 Å². The molecule has 9 nitrogen and oxygen atoms in total. The van der Waals surface area contributed by atoms with Crippen LogP contribution in [0.1, 0.15) is 13.8 Å². The first-order valence-electron chi connectivity index (χ1n) is 7.39. The van der Waals surface area contributed by atoms with E-state index in [9.17, 15) is 23.3 Å². The molecular formula is C14H22N4O5S. The molecule has 0 unspecified atom stereocenters. The number of carbonyl (C=O) groups excluding carboxylic acids is 1. The molecule has 0 aromatic heterocycles. The van der Waals surface area contributed by atoms with E-state index >= 15 is 0 Å². The zero-order chi connectivity index (χ0) is 18.5. The molecule has 0 fully saturated rings. The quantitative estimate of drug-likeness (QED) is 0.543. The predicted octanol–water partition coefficient (Wildman–Crippen LogP) is 0.808. The van der Waals surface area contributed by atoms with Crippen molar-refractivity contribution >= 4 is 27.3 Å². The van der Waals surface area contributed by atoms with Crippen molar-refractivity contribution in [2.75, 3.05) is 38.6 Å². The first kappa shape index (κ1) is 19.8. The Hall–Kier alpha value is -2.20. The molecule has 0 heterocycles. The fraction of sp³-hybridized carbons (Fsp3) is 0.500. The third-order valence-corrected chi connectivity index (χ3v) is 5.60. The molecule has 1 amide bonds. The highest BCUT2D eigenvalue weighted by molar-refractivity contribution is 7.89. The Morgan fingerprint density at radius 1 is 1.29 bits per heavy atom. The lowest BCUT2D eigenvalue weighted by atomic mass is 10.2. The normalized spacial score (nSPS) is 11.4. The predicted molar refractivity (Wildman–Crippen MR) is 90.5 cm³/mol. The third kappa shape index (κ3) is 4.20. The summed E-state index contributed by atoms with van der Waals surface area (Å²) in [5.41, 5.74) is -0.197. The van der Waals surface area contributed by atoms with Crippen molar-refractivity contribution in [1.29, 1.82) is 0 Å². The largest absolute Gasteiger partial charge is 0.360 e. The van der Waals surface area contributed by atoms with Gasteiger partial charge in [0.25, 0.3) is 5.69 Å². The molecule has 0 saturated heterocycles. The molecule has 1 aromatic rings. The number of hydrogen-bond donors (Lipinski definition) is 1. The van der Waals surface area contributed by atoms with Crippen LogP contribution in [0.2, 0.25) is 0 Å². The number of amides is 1. The summed E-state index contributed by atoms with van der Waals surface area (Å²) in [5.74, 6) is -0.313. The number of nitro benzene ring substituents is 1. The van der Waals surface area contributed by atoms with Gasteiger partial charge in [-0.1, -0.05) is 13.8 Å². The Bertz CT molecular complexity index is 716. The van der Waals surface area contributed by atoms with Crippen LogP contribution in [-0.2, 0) is 14.8 Å². The van der Waals surface area contributed by atoms with Gasteiger partial charge in [0, 0.05) is 33.3 Å². The Morgan fingerprint density at radius 2 is 1.88 bits per heavy atom. The zero-order valence-corrected chi connectivity index (χ0v) is 15.0. The van der Waals surface area contributed by atoms with Crippen molar-refractivity contribution in [3.8, 4) is 0 Å². The molecule has 0 atom stereocenters. The van der Waals surface area contributed by atoms with Crippen molar-refractivity contribution in [3.63, 3.8) is 0 Å². The lowest BCUT2D eigenvalue weighted by Gasteiger charge is -2.21. The number of likely N-dealkylation sites (N-methyl/N-ethyl adjacent to an activating group) is 2. The summed E-state index contributed by atoms with van der Waals surface area (Å²) in [6, 6.07) is 3.69. The number of sulfonamides is 1. The topological polar surface area (TPSA) is 113 Å². The van der Waals surface area contributed by atoms with Crippen molar-refractivity contribution in [2.24, 2.45) is 0 Å². The molecule has 0 aliphatic carbocycles. The van der Waals surface area contributed by atoms with Crippen LogP contribution >= 0.6 is 0 Å². The summed E-state index contributed by atoms with van der Waals surface area (Å²) in [7, 11) is -0.810. The SMILES string of the molecule is CCN(CC)S(=O)(=O)c1ccc(N(C)CC(=O)NC)c([N+](=O)[O-])c1. The van der Waals surface area contributed by atoms with Gasteiger partial charge in [-0.05, 0) is 12.1 Å². The number of carbonyl (C=O) groups is 1. The molecule has 0 saturated carbocycles. The number of benzene rings is 1. The number of anilines is 1. The number of nitrogens with one attached hydrogen (secondary N) is 1. The first-order valence-corrected chi connectivity index (χ1v) is 8.83. The van der Waals surface area contributed by atoms with Gasteiger partial charge in [0.15, 0.2) is 0 Å². The molecular weight excluding hydrogens is 336 g/mol. The van der Waals surface area contributed by atoms with Gasteiger partial charge in [-0.15, -0.1) is 0 Å². The first-order chi connectivity index (χ1) is 11.2. The number of rotatable bonds is 8. The van der Waals surface area contributed by atoms with Gasteiger partial charge in [-0.25, -0.2) is 8.42 Å². The van der Waals surface area contributed by atoms with E-state index in [0.29, 0.717) is 0 Å². The Balaban J connectivity index is 3.35. The molecule has 0 spiro atoms. The summed E-state index contributed by atoms with van der Waals surface area (Å²) in [5, 5.41) is 13.8. The lowest BCUT2D eigenvalue weighted by molar-refractivity contribution is -0.384. The van der Waals surface area contributed by atoms with Crippen LogP contribution in [0.4, 0.5) is 11.4 Å². The van der Waals surface area contributed by atoms with Gasteiger partial charge in [-0.2, -0.15) is 4.31 Å². The highest BCUT2D eigenvalue weighted by Gasteiger charge is 2.27. The molecule has 10 heteroatoms. The van der Waals surface area contributed by atoms with Crippen LogP contribution in [0.15, 0.2) is 23.1 Å². The second-order valence-corrected chi connectivity index (χ2v) is 6.96. The average Bonchev–Trinajstić information content (AvgIpc) is 2.54. The van der Waals surface area contributed by atoms with Gasteiger partial charge in [0.1, 0.15) is 5.69 Å². The number of nitrogens with zero attached hydrogens (tertiary/aromatic N) is 3. The minimum Gasteiger partial charge on any atom is -0.360 e. The van der Waals surface area contributed by atoms with Gasteiger partial charge >= 0.3 is 0 Å². The Labute approximate surface area is 141 Å². The molecule has 0 bridgehead atoms. The molecule has 1 rings (SSSR count). The molecule has 0 radical (unpaired) electrons. The highest BCUT2D eigenvalue weighted by atomic mass is 32.2. The molecule has 1 aromatic carbocycles. The van der Waals surface area contributed by atoms with Crippen LogP contribution < -0.4 is 10.2 Å². The minimum absolute atomic E-state index is 0.0838. The minimum atomic E-state index is -3.80. The van der Waals surface area contributed by atoms with E-state index < -0.39 is 14.9 Å². The van der Waals surface area contributed by atoms with Gasteiger partial charge < -0.3 is 10.2 Å². The summed E-state index contributed by atoms with van der Waals surface area (Å²) >= 11 is 0. The van der Waals surface area contributed by atoms with Crippen molar-refractivity contribution in [2.45, 2.75) is 18.7 Å². The Kier molecular flexibility index (Phi) is 6.67. The molecule has 0 aliphatic heterocycles. The number of nitro groups is 1. The second kappa shape index (κ2) is 8.06. The number of hydrogen-bond acceptors (Lipinski definition) is 6. The van der Waals surface area contributed by atoms with Crippen LogP contribution in [0, 0.1) is 10.1 Å². The van der Waals surface area contributed by atoms with Crippen LogP contribution in [0.25, 0.3) is 0 Å². The fourth-order valence-electron chi connectivity index (χ4n) is 2.22. The molecule has 134 valence electrons. The monoisotopic (exact) mass is 358 g/mol. The standard InChI is InChI=1S/C14H22N4O5S/c1-5-17(6-2)24(22,23)11-7-8-12(13(9-11)18(20)21)16(4)10-14(19)15-3/h7-9H,5-6,10H2,1-4H3,(H,15,19). The van der Waals surface area contributed by atoms with E-state index in [1.54, 1.807) is 13.8 Å². The zero-order valence-electron chi connectivity index (χ0n) is 14.1. The molecule has 0 aliphatic rings. The maximum Gasteiger partial charge on any atom is 0.293 e. The average molecular weight is 358 g/mol. The van der Waals surface area contributed by atoms with Gasteiger partial charge in [0.05, 0.1) is 16.4 Å². The third-order valence-electron chi connectivity index (χ3n) is 3.56. The Morgan fingerprint density at radius 3 is 2.33 bits per heavy atom. The fourth-order valence-corrected chi connectivity index (χ4v) is 3.70. The summed E-state index contributed by atoms with van der Waals surface area (Å²) in [4.78, 5) is 23.4. The summed E-state index contributed by atoms with van der Waals surface area (Å²) in [6.45, 7) is 3.84.